The Bertz CT molecular complexity index is 358. The first kappa shape index (κ1) is 14.6. The van der Waals surface area contributed by atoms with Crippen molar-refractivity contribution in [1.29, 1.82) is 0 Å². The SMILES string of the molecule is CCCC(C)(CCl)Cc1c(C)cc(C)cc1C. The van der Waals surface area contributed by atoms with Crippen LogP contribution in [0.2, 0.25) is 0 Å². The van der Waals surface area contributed by atoms with E-state index < -0.39 is 0 Å². The van der Waals surface area contributed by atoms with E-state index in [-0.39, 0.29) is 5.41 Å². The molecule has 1 heteroatoms. The summed E-state index contributed by atoms with van der Waals surface area (Å²) in [4.78, 5) is 0. The highest BCUT2D eigenvalue weighted by atomic mass is 35.5. The van der Waals surface area contributed by atoms with E-state index in [1.54, 1.807) is 0 Å². The Kier molecular flexibility index (Phi) is 5.06. The predicted molar refractivity (Wildman–Crippen MR) is 78.1 cm³/mol. The summed E-state index contributed by atoms with van der Waals surface area (Å²) in [6.07, 6.45) is 3.50. The summed E-state index contributed by atoms with van der Waals surface area (Å²) in [6.45, 7) is 11.1. The molecule has 0 bridgehead atoms. The average molecular weight is 253 g/mol. The average Bonchev–Trinajstić information content (AvgIpc) is 2.24. The molecule has 0 heterocycles. The van der Waals surface area contributed by atoms with Gasteiger partial charge < -0.3 is 0 Å². The first-order valence-corrected chi connectivity index (χ1v) is 7.08. The molecule has 0 aliphatic rings. The van der Waals surface area contributed by atoms with Gasteiger partial charge in [-0.1, -0.05) is 38.0 Å². The summed E-state index contributed by atoms with van der Waals surface area (Å²) in [5, 5.41) is 0. The van der Waals surface area contributed by atoms with Crippen LogP contribution in [0.3, 0.4) is 0 Å². The maximum atomic E-state index is 6.17. The molecule has 0 N–H and O–H groups in total. The molecule has 17 heavy (non-hydrogen) atoms. The second kappa shape index (κ2) is 5.91. The summed E-state index contributed by atoms with van der Waals surface area (Å²) in [6, 6.07) is 4.56. The Labute approximate surface area is 111 Å². The molecule has 0 amide bonds. The first-order chi connectivity index (χ1) is 7.91. The van der Waals surface area contributed by atoms with Crippen molar-refractivity contribution >= 4 is 11.6 Å². The molecule has 96 valence electrons. The first-order valence-electron chi connectivity index (χ1n) is 6.54. The summed E-state index contributed by atoms with van der Waals surface area (Å²) >= 11 is 6.17. The standard InChI is InChI=1S/C16H25Cl/c1-6-7-16(5,11-17)10-15-13(3)8-12(2)9-14(15)4/h8-9H,6-7,10-11H2,1-5H3. The van der Waals surface area contributed by atoms with E-state index in [4.69, 9.17) is 11.6 Å². The van der Waals surface area contributed by atoms with Gasteiger partial charge in [0.15, 0.2) is 0 Å². The van der Waals surface area contributed by atoms with Gasteiger partial charge in [-0.25, -0.2) is 0 Å². The molecule has 0 radical (unpaired) electrons. The minimum Gasteiger partial charge on any atom is -0.126 e. The molecule has 1 unspecified atom stereocenters. The van der Waals surface area contributed by atoms with E-state index >= 15 is 0 Å². The number of aryl methyl sites for hydroxylation is 3. The second-order valence-corrected chi connectivity index (χ2v) is 6.02. The van der Waals surface area contributed by atoms with Crippen LogP contribution in [-0.4, -0.2) is 5.88 Å². The van der Waals surface area contributed by atoms with Gasteiger partial charge in [0.25, 0.3) is 0 Å². The summed E-state index contributed by atoms with van der Waals surface area (Å²) in [7, 11) is 0. The minimum atomic E-state index is 0.237. The molecule has 1 rings (SSSR count). The predicted octanol–water partition coefficient (Wildman–Crippen LogP) is 5.20. The Morgan fingerprint density at radius 3 is 2.06 bits per heavy atom. The largest absolute Gasteiger partial charge is 0.126 e. The molecule has 0 aliphatic carbocycles. The Morgan fingerprint density at radius 1 is 1.12 bits per heavy atom. The van der Waals surface area contributed by atoms with Gasteiger partial charge in [-0.05, 0) is 55.7 Å². The van der Waals surface area contributed by atoms with Crippen molar-refractivity contribution < 1.29 is 0 Å². The van der Waals surface area contributed by atoms with Gasteiger partial charge in [0.05, 0.1) is 0 Å². The van der Waals surface area contributed by atoms with Crippen LogP contribution < -0.4 is 0 Å². The third-order valence-electron chi connectivity index (χ3n) is 3.62. The zero-order valence-electron chi connectivity index (χ0n) is 11.9. The number of hydrogen-bond donors (Lipinski definition) is 0. The zero-order valence-corrected chi connectivity index (χ0v) is 12.6. The minimum absolute atomic E-state index is 0.237. The van der Waals surface area contributed by atoms with E-state index in [2.05, 4.69) is 46.8 Å². The topological polar surface area (TPSA) is 0 Å². The monoisotopic (exact) mass is 252 g/mol. The van der Waals surface area contributed by atoms with Crippen LogP contribution in [0, 0.1) is 26.2 Å². The molecule has 1 atom stereocenters. The molecule has 0 saturated carbocycles. The highest BCUT2D eigenvalue weighted by Gasteiger charge is 2.24. The zero-order chi connectivity index (χ0) is 13.1. The third-order valence-corrected chi connectivity index (χ3v) is 4.27. The molecule has 0 nitrogen and oxygen atoms in total. The fraction of sp³-hybridized carbons (Fsp3) is 0.625. The maximum absolute atomic E-state index is 6.17. The highest BCUT2D eigenvalue weighted by Crippen LogP contribution is 2.32. The molecule has 1 aromatic carbocycles. The lowest BCUT2D eigenvalue weighted by Crippen LogP contribution is -2.22. The van der Waals surface area contributed by atoms with Gasteiger partial charge in [-0.15, -0.1) is 11.6 Å². The van der Waals surface area contributed by atoms with Gasteiger partial charge in [0, 0.05) is 5.88 Å². The highest BCUT2D eigenvalue weighted by molar-refractivity contribution is 6.18. The van der Waals surface area contributed by atoms with Gasteiger partial charge in [-0.2, -0.15) is 0 Å². The van der Waals surface area contributed by atoms with Crippen molar-refractivity contribution in [3.05, 3.63) is 34.4 Å². The lowest BCUT2D eigenvalue weighted by atomic mass is 9.79. The van der Waals surface area contributed by atoms with Gasteiger partial charge in [0.1, 0.15) is 0 Å². The van der Waals surface area contributed by atoms with Gasteiger partial charge >= 0.3 is 0 Å². The van der Waals surface area contributed by atoms with Crippen LogP contribution in [-0.2, 0) is 6.42 Å². The molecular weight excluding hydrogens is 228 g/mol. The van der Waals surface area contributed by atoms with Crippen LogP contribution in [0.1, 0.15) is 48.9 Å². The van der Waals surface area contributed by atoms with Gasteiger partial charge in [0.2, 0.25) is 0 Å². The van der Waals surface area contributed by atoms with Crippen molar-refractivity contribution in [3.63, 3.8) is 0 Å². The lowest BCUT2D eigenvalue weighted by Gasteiger charge is -2.28. The smallest absolute Gasteiger partial charge is 0.0280 e. The number of benzene rings is 1. The Hall–Kier alpha value is -0.490. The van der Waals surface area contributed by atoms with E-state index in [0.717, 1.165) is 12.3 Å². The summed E-state index contributed by atoms with van der Waals surface area (Å²) in [5.74, 6) is 0.744. The Morgan fingerprint density at radius 2 is 1.65 bits per heavy atom. The van der Waals surface area contributed by atoms with Crippen molar-refractivity contribution in [2.75, 3.05) is 5.88 Å². The fourth-order valence-electron chi connectivity index (χ4n) is 2.72. The Balaban J connectivity index is 3.01. The number of rotatable bonds is 5. The lowest BCUT2D eigenvalue weighted by molar-refractivity contribution is 0.334. The van der Waals surface area contributed by atoms with Crippen LogP contribution in [0.4, 0.5) is 0 Å². The van der Waals surface area contributed by atoms with Crippen molar-refractivity contribution in [2.45, 2.75) is 53.9 Å². The molecule has 0 saturated heterocycles. The van der Waals surface area contributed by atoms with Crippen molar-refractivity contribution in [1.82, 2.24) is 0 Å². The van der Waals surface area contributed by atoms with E-state index in [1.807, 2.05) is 0 Å². The maximum Gasteiger partial charge on any atom is 0.0280 e. The molecule has 0 aromatic heterocycles. The van der Waals surface area contributed by atoms with Gasteiger partial charge in [-0.3, -0.25) is 0 Å². The molecule has 0 spiro atoms. The van der Waals surface area contributed by atoms with Crippen LogP contribution in [0.5, 0.6) is 0 Å². The second-order valence-electron chi connectivity index (χ2n) is 5.75. The molecule has 0 aliphatic heterocycles. The quantitative estimate of drug-likeness (QED) is 0.632. The van der Waals surface area contributed by atoms with Crippen LogP contribution in [0.15, 0.2) is 12.1 Å². The summed E-state index contributed by atoms with van der Waals surface area (Å²) < 4.78 is 0. The third kappa shape index (κ3) is 3.74. The van der Waals surface area contributed by atoms with E-state index in [1.165, 1.54) is 35.1 Å². The summed E-state index contributed by atoms with van der Waals surface area (Å²) in [5.41, 5.74) is 5.91. The van der Waals surface area contributed by atoms with Crippen molar-refractivity contribution in [3.8, 4) is 0 Å². The molecule has 0 fully saturated rings. The fourth-order valence-corrected chi connectivity index (χ4v) is 2.95. The number of alkyl halides is 1. The van der Waals surface area contributed by atoms with Crippen LogP contribution >= 0.6 is 11.6 Å². The van der Waals surface area contributed by atoms with E-state index in [0.29, 0.717) is 0 Å². The number of halogens is 1. The molecular formula is C16H25Cl. The van der Waals surface area contributed by atoms with E-state index in [9.17, 15) is 0 Å². The molecule has 1 aromatic rings. The normalized spacial score (nSPS) is 14.7. The van der Waals surface area contributed by atoms with Crippen molar-refractivity contribution in [2.24, 2.45) is 5.41 Å². The van der Waals surface area contributed by atoms with Crippen LogP contribution in [0.25, 0.3) is 0 Å². The number of hydrogen-bond acceptors (Lipinski definition) is 0.